The quantitative estimate of drug-likeness (QED) is 0.763. The highest BCUT2D eigenvalue weighted by atomic mass is 19.1. The van der Waals surface area contributed by atoms with Crippen molar-refractivity contribution < 1.29 is 14.2 Å². The van der Waals surface area contributed by atoms with Crippen LogP contribution in [0, 0.1) is 19.7 Å². The highest BCUT2D eigenvalue weighted by Crippen LogP contribution is 2.43. The van der Waals surface area contributed by atoms with E-state index < -0.39 is 5.82 Å². The van der Waals surface area contributed by atoms with Crippen LogP contribution in [-0.4, -0.2) is 22.4 Å². The van der Waals surface area contributed by atoms with Crippen LogP contribution in [0.15, 0.2) is 6.07 Å². The molecule has 4 N–H and O–H groups in total. The normalized spacial score (nSPS) is 10.7. The molecule has 2 rings (SSSR count). The van der Waals surface area contributed by atoms with Crippen LogP contribution >= 0.6 is 0 Å². The number of nitrogens with zero attached hydrogens (tertiary/aromatic N) is 1. The van der Waals surface area contributed by atoms with Crippen molar-refractivity contribution >= 4 is 5.82 Å². The predicted octanol–water partition coefficient (Wildman–Crippen LogP) is 2.13. The summed E-state index contributed by atoms with van der Waals surface area (Å²) < 4.78 is 19.1. The first-order valence-corrected chi connectivity index (χ1v) is 5.34. The number of phenolic OH excluding ortho intramolecular Hbond substituents is 1. The zero-order valence-electron chi connectivity index (χ0n) is 10.3. The number of methoxy groups -OCH3 is 1. The molecule has 96 valence electrons. The molecule has 18 heavy (non-hydrogen) atoms. The summed E-state index contributed by atoms with van der Waals surface area (Å²) in [4.78, 5) is 0. The summed E-state index contributed by atoms with van der Waals surface area (Å²) in [6, 6.07) is 1.52. The fourth-order valence-corrected chi connectivity index (χ4v) is 2.00. The van der Waals surface area contributed by atoms with E-state index >= 15 is 0 Å². The van der Waals surface area contributed by atoms with Gasteiger partial charge in [-0.3, -0.25) is 5.10 Å². The Hall–Kier alpha value is -2.24. The molecule has 0 fully saturated rings. The van der Waals surface area contributed by atoms with Gasteiger partial charge >= 0.3 is 0 Å². The number of nitrogens with two attached hydrogens (primary N) is 1. The Morgan fingerprint density at radius 1 is 1.39 bits per heavy atom. The van der Waals surface area contributed by atoms with Gasteiger partial charge in [-0.05, 0) is 19.4 Å². The van der Waals surface area contributed by atoms with Gasteiger partial charge < -0.3 is 15.6 Å². The summed E-state index contributed by atoms with van der Waals surface area (Å²) in [7, 11) is 1.38. The first-order chi connectivity index (χ1) is 8.47. The number of hydrogen-bond donors (Lipinski definition) is 3. The van der Waals surface area contributed by atoms with Crippen molar-refractivity contribution in [2.75, 3.05) is 12.8 Å². The molecule has 0 aliphatic rings. The minimum Gasteiger partial charge on any atom is -0.504 e. The number of nitrogen functional groups attached to an aromatic ring is 1. The number of H-pyrrole nitrogens is 1. The molecular weight excluding hydrogens is 237 g/mol. The molecule has 1 aromatic heterocycles. The van der Waals surface area contributed by atoms with Gasteiger partial charge in [0, 0.05) is 11.6 Å². The van der Waals surface area contributed by atoms with Gasteiger partial charge in [0.05, 0.1) is 18.4 Å². The second kappa shape index (κ2) is 4.21. The van der Waals surface area contributed by atoms with Crippen LogP contribution in [0.4, 0.5) is 10.2 Å². The van der Waals surface area contributed by atoms with Crippen LogP contribution in [0.25, 0.3) is 11.3 Å². The lowest BCUT2D eigenvalue weighted by Crippen LogP contribution is -1.98. The van der Waals surface area contributed by atoms with Crippen LogP contribution in [-0.2, 0) is 0 Å². The van der Waals surface area contributed by atoms with E-state index in [1.54, 1.807) is 13.8 Å². The maximum Gasteiger partial charge on any atom is 0.168 e. The zero-order chi connectivity index (χ0) is 13.4. The van der Waals surface area contributed by atoms with Crippen molar-refractivity contribution in [2.24, 2.45) is 0 Å². The number of ether oxygens (including phenoxy) is 1. The molecule has 1 heterocycles. The number of aromatic nitrogens is 2. The van der Waals surface area contributed by atoms with Crippen molar-refractivity contribution in [3.8, 4) is 22.8 Å². The van der Waals surface area contributed by atoms with Crippen molar-refractivity contribution in [2.45, 2.75) is 13.8 Å². The average Bonchev–Trinajstić information content (AvgIpc) is 2.74. The molecule has 0 spiro atoms. The summed E-state index contributed by atoms with van der Waals surface area (Å²) >= 11 is 0. The number of aromatic amines is 1. The van der Waals surface area contributed by atoms with Crippen LogP contribution in [0.3, 0.4) is 0 Å². The minimum atomic E-state index is -0.423. The van der Waals surface area contributed by atoms with Gasteiger partial charge in [-0.1, -0.05) is 0 Å². The maximum atomic E-state index is 14.1. The molecule has 0 bridgehead atoms. The lowest BCUT2D eigenvalue weighted by Gasteiger charge is -2.15. The number of halogens is 1. The van der Waals surface area contributed by atoms with E-state index in [2.05, 4.69) is 10.2 Å². The molecule has 1 aromatic carbocycles. The third-order valence-electron chi connectivity index (χ3n) is 2.90. The Bertz CT molecular complexity index is 608. The largest absolute Gasteiger partial charge is 0.504 e. The third-order valence-corrected chi connectivity index (χ3v) is 2.90. The highest BCUT2D eigenvalue weighted by Gasteiger charge is 2.22. The number of hydrogen-bond acceptors (Lipinski definition) is 4. The van der Waals surface area contributed by atoms with Crippen molar-refractivity contribution in [3.05, 3.63) is 23.0 Å². The standard InChI is InChI=1S/C12H14FN3O2/c1-5-9(7-4-8(14)16-15-7)11(17)12(18-3)6(2)10(5)13/h4,17H,1-3H3,(H3,14,15,16). The fraction of sp³-hybridized carbons (Fsp3) is 0.250. The average molecular weight is 251 g/mol. The lowest BCUT2D eigenvalue weighted by atomic mass is 9.99. The summed E-state index contributed by atoms with van der Waals surface area (Å²) in [6.45, 7) is 3.12. The first kappa shape index (κ1) is 12.2. The van der Waals surface area contributed by atoms with Gasteiger partial charge in [-0.2, -0.15) is 5.10 Å². The first-order valence-electron chi connectivity index (χ1n) is 5.34. The van der Waals surface area contributed by atoms with Gasteiger partial charge in [0.2, 0.25) is 0 Å². The second-order valence-electron chi connectivity index (χ2n) is 4.03. The fourth-order valence-electron chi connectivity index (χ4n) is 2.00. The Kier molecular flexibility index (Phi) is 2.86. The Morgan fingerprint density at radius 3 is 2.56 bits per heavy atom. The molecule has 0 aliphatic carbocycles. The molecule has 0 atom stereocenters. The zero-order valence-corrected chi connectivity index (χ0v) is 10.3. The van der Waals surface area contributed by atoms with E-state index in [0.717, 1.165) is 0 Å². The van der Waals surface area contributed by atoms with Crippen molar-refractivity contribution in [3.63, 3.8) is 0 Å². The lowest BCUT2D eigenvalue weighted by molar-refractivity contribution is 0.367. The second-order valence-corrected chi connectivity index (χ2v) is 4.03. The van der Waals surface area contributed by atoms with E-state index in [-0.39, 0.29) is 22.9 Å². The summed E-state index contributed by atoms with van der Waals surface area (Å²) in [6.07, 6.45) is 0. The molecule has 5 nitrogen and oxygen atoms in total. The third kappa shape index (κ3) is 1.66. The smallest absolute Gasteiger partial charge is 0.168 e. The summed E-state index contributed by atoms with van der Waals surface area (Å²) in [5, 5.41) is 16.6. The maximum absolute atomic E-state index is 14.1. The van der Waals surface area contributed by atoms with E-state index in [4.69, 9.17) is 10.5 Å². The molecule has 2 aromatic rings. The molecule has 0 amide bonds. The van der Waals surface area contributed by atoms with Gasteiger partial charge in [-0.25, -0.2) is 4.39 Å². The number of aromatic hydroxyl groups is 1. The number of benzene rings is 1. The van der Waals surface area contributed by atoms with E-state index in [1.807, 2.05) is 0 Å². The number of anilines is 1. The van der Waals surface area contributed by atoms with Gasteiger partial charge in [-0.15, -0.1) is 0 Å². The van der Waals surface area contributed by atoms with Crippen LogP contribution in [0.5, 0.6) is 11.5 Å². The van der Waals surface area contributed by atoms with E-state index in [1.165, 1.54) is 13.2 Å². The Morgan fingerprint density at radius 2 is 2.06 bits per heavy atom. The molecular formula is C12H14FN3O2. The molecule has 6 heteroatoms. The molecule has 0 radical (unpaired) electrons. The minimum absolute atomic E-state index is 0.112. The molecule has 0 aliphatic heterocycles. The van der Waals surface area contributed by atoms with Gasteiger partial charge in [0.1, 0.15) is 11.6 Å². The van der Waals surface area contributed by atoms with Gasteiger partial charge in [0.25, 0.3) is 0 Å². The van der Waals surface area contributed by atoms with E-state index in [9.17, 15) is 9.50 Å². The van der Waals surface area contributed by atoms with Crippen LogP contribution < -0.4 is 10.5 Å². The summed E-state index contributed by atoms with van der Waals surface area (Å²) in [5.74, 6) is -0.171. The number of rotatable bonds is 2. The topological polar surface area (TPSA) is 84.2 Å². The van der Waals surface area contributed by atoms with Crippen molar-refractivity contribution in [1.82, 2.24) is 10.2 Å². The summed E-state index contributed by atoms with van der Waals surface area (Å²) in [5.41, 5.74) is 6.84. The Balaban J connectivity index is 2.78. The number of nitrogens with one attached hydrogen (secondary N) is 1. The SMILES string of the molecule is COc1c(C)c(F)c(C)c(-c2cc(N)n[nH]2)c1O. The number of phenols is 1. The van der Waals surface area contributed by atoms with Crippen LogP contribution in [0.1, 0.15) is 11.1 Å². The highest BCUT2D eigenvalue weighted by molar-refractivity contribution is 5.76. The molecule has 0 saturated carbocycles. The van der Waals surface area contributed by atoms with Crippen molar-refractivity contribution in [1.29, 1.82) is 0 Å². The van der Waals surface area contributed by atoms with Gasteiger partial charge in [0.15, 0.2) is 11.5 Å². The molecule has 0 saturated heterocycles. The Labute approximate surface area is 103 Å². The van der Waals surface area contributed by atoms with Crippen LogP contribution in [0.2, 0.25) is 0 Å². The predicted molar refractivity (Wildman–Crippen MR) is 66.1 cm³/mol. The molecule has 0 unspecified atom stereocenters. The monoisotopic (exact) mass is 251 g/mol. The van der Waals surface area contributed by atoms with E-state index in [0.29, 0.717) is 16.8 Å².